The van der Waals surface area contributed by atoms with Gasteiger partial charge >= 0.3 is 0 Å². The van der Waals surface area contributed by atoms with Crippen molar-refractivity contribution in [3.8, 4) is 0 Å². The van der Waals surface area contributed by atoms with Crippen molar-refractivity contribution in [2.45, 2.75) is 52.2 Å². The minimum atomic E-state index is -0.241. The average Bonchev–Trinajstić information content (AvgIpc) is 3.15. The summed E-state index contributed by atoms with van der Waals surface area (Å²) in [5, 5.41) is 6.81. The molecule has 2 aromatic heterocycles. The Labute approximate surface area is 165 Å². The van der Waals surface area contributed by atoms with Crippen LogP contribution in [0.15, 0.2) is 22.9 Å². The molecule has 1 fully saturated rings. The number of methoxy groups -OCH3 is 1. The molecule has 0 unspecified atom stereocenters. The van der Waals surface area contributed by atoms with Crippen molar-refractivity contribution in [3.05, 3.63) is 35.6 Å². The van der Waals surface area contributed by atoms with Crippen molar-refractivity contribution in [2.75, 3.05) is 25.1 Å². The Morgan fingerprint density at radius 3 is 3.04 bits per heavy atom. The third-order valence-electron chi connectivity index (χ3n) is 5.02. The van der Waals surface area contributed by atoms with E-state index in [2.05, 4.69) is 41.1 Å². The molecule has 2 aromatic rings. The van der Waals surface area contributed by atoms with E-state index >= 15 is 0 Å². The maximum Gasteiger partial charge on any atom is 0.273 e. The van der Waals surface area contributed by atoms with Crippen LogP contribution in [-0.4, -0.2) is 47.3 Å². The summed E-state index contributed by atoms with van der Waals surface area (Å²) >= 11 is 0. The minimum absolute atomic E-state index is 0.174. The van der Waals surface area contributed by atoms with Crippen LogP contribution in [0.3, 0.4) is 0 Å². The van der Waals surface area contributed by atoms with Gasteiger partial charge in [0.1, 0.15) is 18.2 Å². The van der Waals surface area contributed by atoms with E-state index in [4.69, 9.17) is 14.2 Å². The van der Waals surface area contributed by atoms with Crippen LogP contribution >= 0.6 is 0 Å². The molecule has 3 rings (SSSR count). The Kier molecular flexibility index (Phi) is 6.61. The van der Waals surface area contributed by atoms with Crippen LogP contribution in [0.1, 0.15) is 61.6 Å². The molecule has 0 aliphatic carbocycles. The van der Waals surface area contributed by atoms with Crippen LogP contribution in [0.5, 0.6) is 0 Å². The first-order valence-electron chi connectivity index (χ1n) is 9.80. The molecule has 3 heterocycles. The van der Waals surface area contributed by atoms with E-state index in [0.29, 0.717) is 24.8 Å². The van der Waals surface area contributed by atoms with Gasteiger partial charge in [0.25, 0.3) is 5.91 Å². The van der Waals surface area contributed by atoms with Crippen molar-refractivity contribution < 1.29 is 14.1 Å². The second-order valence-corrected chi connectivity index (χ2v) is 7.73. The normalized spacial score (nSPS) is 19.8. The summed E-state index contributed by atoms with van der Waals surface area (Å²) in [6.07, 6.45) is 3.92. The number of hydrogen-bond donors (Lipinski definition) is 1. The summed E-state index contributed by atoms with van der Waals surface area (Å²) in [6.45, 7) is 8.16. The van der Waals surface area contributed by atoms with Crippen LogP contribution in [-0.2, 0) is 11.3 Å². The summed E-state index contributed by atoms with van der Waals surface area (Å²) in [4.78, 5) is 23.8. The number of piperidine rings is 1. The van der Waals surface area contributed by atoms with Gasteiger partial charge in [0.05, 0.1) is 0 Å². The average molecular weight is 387 g/mol. The van der Waals surface area contributed by atoms with Crippen LogP contribution in [0.4, 0.5) is 5.82 Å². The van der Waals surface area contributed by atoms with E-state index < -0.39 is 0 Å². The van der Waals surface area contributed by atoms with Gasteiger partial charge in [0.2, 0.25) is 0 Å². The van der Waals surface area contributed by atoms with Gasteiger partial charge in [-0.25, -0.2) is 9.97 Å². The van der Waals surface area contributed by atoms with Crippen LogP contribution in [0, 0.1) is 5.92 Å². The van der Waals surface area contributed by atoms with Gasteiger partial charge in [-0.15, -0.1) is 0 Å². The maximum absolute atomic E-state index is 12.5. The topological polar surface area (TPSA) is 93.4 Å². The first-order valence-corrected chi connectivity index (χ1v) is 9.80. The van der Waals surface area contributed by atoms with E-state index in [0.717, 1.165) is 31.0 Å². The number of nitrogens with zero attached hydrogens (tertiary/aromatic N) is 4. The monoisotopic (exact) mass is 387 g/mol. The van der Waals surface area contributed by atoms with Gasteiger partial charge in [-0.3, -0.25) is 4.79 Å². The lowest BCUT2D eigenvalue weighted by Crippen LogP contribution is -2.49. The Morgan fingerprint density at radius 2 is 2.29 bits per heavy atom. The van der Waals surface area contributed by atoms with Crippen molar-refractivity contribution in [1.82, 2.24) is 20.4 Å². The van der Waals surface area contributed by atoms with Gasteiger partial charge in [0.15, 0.2) is 11.5 Å². The highest BCUT2D eigenvalue weighted by Gasteiger charge is 2.28. The Balaban J connectivity index is 1.68. The molecule has 28 heavy (non-hydrogen) atoms. The summed E-state index contributed by atoms with van der Waals surface area (Å²) in [5.41, 5.74) is 0.270. The second-order valence-electron chi connectivity index (χ2n) is 7.73. The van der Waals surface area contributed by atoms with E-state index in [1.54, 1.807) is 13.2 Å². The van der Waals surface area contributed by atoms with Crippen molar-refractivity contribution in [3.63, 3.8) is 0 Å². The molecule has 1 amide bonds. The third kappa shape index (κ3) is 4.86. The van der Waals surface area contributed by atoms with Crippen LogP contribution < -0.4 is 10.2 Å². The summed E-state index contributed by atoms with van der Waals surface area (Å²) < 4.78 is 10.1. The zero-order valence-electron chi connectivity index (χ0n) is 17.0. The van der Waals surface area contributed by atoms with Crippen molar-refractivity contribution >= 4 is 11.7 Å². The fraction of sp³-hybridized carbons (Fsp3) is 0.600. The molecule has 1 N–H and O–H groups in total. The van der Waals surface area contributed by atoms with Gasteiger partial charge in [-0.1, -0.05) is 25.9 Å². The molecule has 0 radical (unpaired) electrons. The highest BCUT2D eigenvalue weighted by molar-refractivity contribution is 5.92. The zero-order valence-corrected chi connectivity index (χ0v) is 17.0. The number of hydrogen-bond acceptors (Lipinski definition) is 7. The SMILES string of the molecule is COCc1cc(C(=O)NC[C@@H]2C[C@H](C)CCN2c2ccnc(C(C)C)n2)no1. The minimum Gasteiger partial charge on any atom is -0.377 e. The lowest BCUT2D eigenvalue weighted by Gasteiger charge is -2.39. The molecule has 8 heteroatoms. The van der Waals surface area contributed by atoms with E-state index in [1.807, 2.05) is 12.3 Å². The lowest BCUT2D eigenvalue weighted by atomic mass is 9.92. The zero-order chi connectivity index (χ0) is 20.1. The standard InChI is InChI=1S/C20H29N5O3/c1-13(2)19-21-7-5-18(23-19)25-8-6-14(3)9-15(25)11-22-20(26)17-10-16(12-27-4)28-24-17/h5,7,10,13-15H,6,8-9,11-12H2,1-4H3,(H,22,26)/t14-,15+/m1/s1. The summed E-state index contributed by atoms with van der Waals surface area (Å²) in [6, 6.07) is 3.73. The molecule has 0 saturated carbocycles. The molecule has 1 saturated heterocycles. The van der Waals surface area contributed by atoms with Gasteiger partial charge < -0.3 is 19.5 Å². The first-order chi connectivity index (χ1) is 13.5. The Bertz CT molecular complexity index is 792. The molecule has 0 bridgehead atoms. The smallest absolute Gasteiger partial charge is 0.273 e. The van der Waals surface area contributed by atoms with Gasteiger partial charge in [-0.2, -0.15) is 0 Å². The molecule has 0 aromatic carbocycles. The second kappa shape index (κ2) is 9.14. The lowest BCUT2D eigenvalue weighted by molar-refractivity contribution is 0.0938. The number of carbonyl (C=O) groups excluding carboxylic acids is 1. The number of carbonyl (C=O) groups is 1. The first kappa shape index (κ1) is 20.3. The highest BCUT2D eigenvalue weighted by atomic mass is 16.5. The quantitative estimate of drug-likeness (QED) is 0.781. The number of ether oxygens (including phenoxy) is 1. The number of rotatable bonds is 7. The molecule has 152 valence electrons. The van der Waals surface area contributed by atoms with E-state index in [1.165, 1.54) is 0 Å². The summed E-state index contributed by atoms with van der Waals surface area (Å²) in [5.74, 6) is 2.93. The predicted molar refractivity (Wildman–Crippen MR) is 105 cm³/mol. The number of aromatic nitrogens is 3. The Hall–Kier alpha value is -2.48. The molecular formula is C20H29N5O3. The largest absolute Gasteiger partial charge is 0.377 e. The van der Waals surface area contributed by atoms with Crippen molar-refractivity contribution in [2.24, 2.45) is 5.92 Å². The molecule has 0 spiro atoms. The molecule has 1 aliphatic heterocycles. The third-order valence-corrected chi connectivity index (χ3v) is 5.02. The van der Waals surface area contributed by atoms with Crippen LogP contribution in [0.2, 0.25) is 0 Å². The number of amides is 1. The van der Waals surface area contributed by atoms with Gasteiger partial charge in [0, 0.05) is 44.4 Å². The summed E-state index contributed by atoms with van der Waals surface area (Å²) in [7, 11) is 1.57. The molecule has 1 aliphatic rings. The molecule has 2 atom stereocenters. The number of anilines is 1. The number of nitrogens with one attached hydrogen (secondary N) is 1. The van der Waals surface area contributed by atoms with Crippen molar-refractivity contribution in [1.29, 1.82) is 0 Å². The molecular weight excluding hydrogens is 358 g/mol. The fourth-order valence-corrected chi connectivity index (χ4v) is 3.48. The highest BCUT2D eigenvalue weighted by Crippen LogP contribution is 2.27. The van der Waals surface area contributed by atoms with E-state index in [-0.39, 0.29) is 23.6 Å². The van der Waals surface area contributed by atoms with Gasteiger partial charge in [-0.05, 0) is 24.8 Å². The molecule has 8 nitrogen and oxygen atoms in total. The van der Waals surface area contributed by atoms with Crippen LogP contribution in [0.25, 0.3) is 0 Å². The van der Waals surface area contributed by atoms with E-state index in [9.17, 15) is 4.79 Å². The Morgan fingerprint density at radius 1 is 1.46 bits per heavy atom. The fourth-order valence-electron chi connectivity index (χ4n) is 3.48. The maximum atomic E-state index is 12.5. The predicted octanol–water partition coefficient (Wildman–Crippen LogP) is 2.77.